The van der Waals surface area contributed by atoms with Crippen LogP contribution in [-0.4, -0.2) is 32.7 Å². The van der Waals surface area contributed by atoms with Crippen LogP contribution in [0.1, 0.15) is 64.1 Å². The molecular weight excluding hydrogens is 486 g/mol. The van der Waals surface area contributed by atoms with Crippen LogP contribution in [0, 0.1) is 13.8 Å². The fraction of sp³-hybridized carbons (Fsp3) is 0.267. The third-order valence-electron chi connectivity index (χ3n) is 6.82. The van der Waals surface area contributed by atoms with Crippen LogP contribution < -0.4 is 4.74 Å². The zero-order chi connectivity index (χ0) is 26.1. The molecule has 2 heterocycles. The summed E-state index contributed by atoms with van der Waals surface area (Å²) in [5.74, 6) is 0.792. The summed E-state index contributed by atoms with van der Waals surface area (Å²) in [6.07, 6.45) is 2.06. The van der Waals surface area contributed by atoms with E-state index in [4.69, 9.17) is 16.3 Å². The number of carbonyl (C=O) groups is 1. The summed E-state index contributed by atoms with van der Waals surface area (Å²) in [6.45, 7) is 6.97. The van der Waals surface area contributed by atoms with Crippen molar-refractivity contribution in [1.29, 1.82) is 0 Å². The first-order valence-electron chi connectivity index (χ1n) is 12.5. The smallest absolute Gasteiger partial charge is 0.273 e. The van der Waals surface area contributed by atoms with Gasteiger partial charge in [-0.05, 0) is 66.8 Å². The van der Waals surface area contributed by atoms with Gasteiger partial charge in [-0.15, -0.1) is 0 Å². The first-order valence-corrected chi connectivity index (χ1v) is 12.9. The van der Waals surface area contributed by atoms with E-state index in [9.17, 15) is 9.90 Å². The highest BCUT2D eigenvalue weighted by Crippen LogP contribution is 2.46. The van der Waals surface area contributed by atoms with Crippen molar-refractivity contribution in [2.24, 2.45) is 0 Å². The zero-order valence-electron chi connectivity index (χ0n) is 21.2. The minimum Gasteiger partial charge on any atom is -0.507 e. The van der Waals surface area contributed by atoms with Crippen molar-refractivity contribution in [3.8, 4) is 22.8 Å². The molecule has 0 aliphatic carbocycles. The van der Waals surface area contributed by atoms with Crippen LogP contribution in [0.3, 0.4) is 0 Å². The monoisotopic (exact) mass is 515 g/mol. The Bertz CT molecular complexity index is 1450. The molecule has 1 atom stereocenters. The van der Waals surface area contributed by atoms with Gasteiger partial charge in [0.05, 0.1) is 12.6 Å². The maximum absolute atomic E-state index is 13.7. The van der Waals surface area contributed by atoms with Crippen LogP contribution in [0.5, 0.6) is 11.5 Å². The van der Waals surface area contributed by atoms with Gasteiger partial charge in [0.25, 0.3) is 5.91 Å². The summed E-state index contributed by atoms with van der Waals surface area (Å²) in [5, 5.41) is 19.0. The van der Waals surface area contributed by atoms with Gasteiger partial charge in [0.2, 0.25) is 0 Å². The molecule has 5 rings (SSSR count). The van der Waals surface area contributed by atoms with Crippen LogP contribution in [0.15, 0.2) is 60.7 Å². The summed E-state index contributed by atoms with van der Waals surface area (Å²) in [5.41, 5.74) is 5.89. The fourth-order valence-electron chi connectivity index (χ4n) is 4.94. The van der Waals surface area contributed by atoms with Gasteiger partial charge >= 0.3 is 0 Å². The first kappa shape index (κ1) is 24.9. The molecule has 0 saturated carbocycles. The molecule has 1 aliphatic heterocycles. The van der Waals surface area contributed by atoms with Gasteiger partial charge < -0.3 is 14.7 Å². The molecule has 37 heavy (non-hydrogen) atoms. The predicted octanol–water partition coefficient (Wildman–Crippen LogP) is 6.98. The Morgan fingerprint density at radius 3 is 2.59 bits per heavy atom. The molecule has 2 N–H and O–H groups in total. The second kappa shape index (κ2) is 10.3. The average Bonchev–Trinajstić information content (AvgIpc) is 3.42. The molecule has 0 bridgehead atoms. The predicted molar refractivity (Wildman–Crippen MR) is 145 cm³/mol. The molecule has 1 amide bonds. The molecule has 0 spiro atoms. The number of hydrogen-bond acceptors (Lipinski definition) is 4. The maximum atomic E-state index is 13.7. The number of carbonyl (C=O) groups excluding carboxylic acids is 1. The SMILES string of the molecule is CCCCOc1ccc(C2c3c(-c4cc(C)cc(C)c4O)n[nH]c3C(=O)N2Cc2ccccc2Cl)cc1. The average molecular weight is 516 g/mol. The van der Waals surface area contributed by atoms with E-state index in [2.05, 4.69) is 17.1 Å². The number of phenolic OH excluding ortho intramolecular Hbond substituents is 1. The van der Waals surface area contributed by atoms with E-state index in [1.54, 1.807) is 4.90 Å². The number of fused-ring (bicyclic) bond motifs is 1. The number of aromatic hydroxyl groups is 1. The van der Waals surface area contributed by atoms with E-state index in [0.29, 0.717) is 35.1 Å². The third kappa shape index (κ3) is 4.69. The van der Waals surface area contributed by atoms with Crippen LogP contribution >= 0.6 is 11.6 Å². The van der Waals surface area contributed by atoms with Crippen molar-refractivity contribution in [2.75, 3.05) is 6.61 Å². The molecule has 0 radical (unpaired) electrons. The van der Waals surface area contributed by atoms with E-state index in [1.807, 2.05) is 74.5 Å². The molecule has 3 aromatic carbocycles. The number of rotatable bonds is 8. The summed E-state index contributed by atoms with van der Waals surface area (Å²) in [6, 6.07) is 18.8. The fourth-order valence-corrected chi connectivity index (χ4v) is 5.14. The Morgan fingerprint density at radius 2 is 1.86 bits per heavy atom. The molecule has 7 heteroatoms. The van der Waals surface area contributed by atoms with Crippen LogP contribution in [0.4, 0.5) is 0 Å². The van der Waals surface area contributed by atoms with Gasteiger partial charge in [-0.2, -0.15) is 5.10 Å². The summed E-state index contributed by atoms with van der Waals surface area (Å²) < 4.78 is 5.86. The van der Waals surface area contributed by atoms with Gasteiger partial charge in [-0.3, -0.25) is 9.89 Å². The lowest BCUT2D eigenvalue weighted by atomic mass is 9.94. The number of nitrogens with one attached hydrogen (secondary N) is 1. The van der Waals surface area contributed by atoms with E-state index in [1.165, 1.54) is 0 Å². The molecule has 4 aromatic rings. The Balaban J connectivity index is 1.61. The number of H-pyrrole nitrogens is 1. The number of ether oxygens (including phenoxy) is 1. The normalized spacial score (nSPS) is 14.8. The van der Waals surface area contributed by atoms with Crippen LogP contribution in [-0.2, 0) is 6.54 Å². The quantitative estimate of drug-likeness (QED) is 0.248. The molecule has 1 unspecified atom stereocenters. The summed E-state index contributed by atoms with van der Waals surface area (Å²) >= 11 is 6.49. The number of phenols is 1. The molecule has 1 aliphatic rings. The lowest BCUT2D eigenvalue weighted by Gasteiger charge is -2.27. The van der Waals surface area contributed by atoms with Crippen molar-refractivity contribution in [1.82, 2.24) is 15.1 Å². The number of hydrogen-bond donors (Lipinski definition) is 2. The number of aromatic amines is 1. The first-order chi connectivity index (χ1) is 17.9. The largest absolute Gasteiger partial charge is 0.507 e. The third-order valence-corrected chi connectivity index (χ3v) is 7.19. The van der Waals surface area contributed by atoms with Crippen molar-refractivity contribution in [3.05, 3.63) is 99.2 Å². The number of unbranched alkanes of at least 4 members (excludes halogenated alkanes) is 1. The Labute approximate surface area is 221 Å². The van der Waals surface area contributed by atoms with E-state index < -0.39 is 6.04 Å². The molecular formula is C30H30ClN3O3. The van der Waals surface area contributed by atoms with Gasteiger partial charge in [-0.25, -0.2) is 0 Å². The number of halogens is 1. The molecule has 6 nitrogen and oxygen atoms in total. The van der Waals surface area contributed by atoms with Crippen LogP contribution in [0.25, 0.3) is 11.3 Å². The lowest BCUT2D eigenvalue weighted by molar-refractivity contribution is 0.0730. The standard InChI is InChI=1S/C30H30ClN3O3/c1-4-5-14-37-22-12-10-20(11-13-22)28-25-26(23-16-18(2)15-19(3)29(23)35)32-33-27(25)30(36)34(28)17-21-8-6-7-9-24(21)31/h6-13,15-16,28,35H,4-5,14,17H2,1-3H3,(H,32,33). The van der Waals surface area contributed by atoms with Gasteiger partial charge in [-0.1, -0.05) is 61.3 Å². The maximum Gasteiger partial charge on any atom is 0.273 e. The summed E-state index contributed by atoms with van der Waals surface area (Å²) in [4.78, 5) is 15.5. The second-order valence-electron chi connectivity index (χ2n) is 9.54. The van der Waals surface area contributed by atoms with Crippen LogP contribution in [0.2, 0.25) is 5.02 Å². The Hall–Kier alpha value is -3.77. The molecule has 190 valence electrons. The van der Waals surface area contributed by atoms with Gasteiger partial charge in [0.15, 0.2) is 0 Å². The van der Waals surface area contributed by atoms with Crippen molar-refractivity contribution in [3.63, 3.8) is 0 Å². The minimum absolute atomic E-state index is 0.161. The number of benzene rings is 3. The number of aryl methyl sites for hydroxylation is 2. The Kier molecular flexibility index (Phi) is 6.94. The highest BCUT2D eigenvalue weighted by atomic mass is 35.5. The Morgan fingerprint density at radius 1 is 1.11 bits per heavy atom. The van der Waals surface area contributed by atoms with Gasteiger partial charge in [0, 0.05) is 22.7 Å². The van der Waals surface area contributed by atoms with Gasteiger partial charge in [0.1, 0.15) is 22.9 Å². The zero-order valence-corrected chi connectivity index (χ0v) is 22.0. The topological polar surface area (TPSA) is 78.5 Å². The number of aromatic nitrogens is 2. The van der Waals surface area contributed by atoms with E-state index in [0.717, 1.165) is 46.4 Å². The highest BCUT2D eigenvalue weighted by Gasteiger charge is 2.42. The van der Waals surface area contributed by atoms with E-state index >= 15 is 0 Å². The molecule has 1 aromatic heterocycles. The highest BCUT2D eigenvalue weighted by molar-refractivity contribution is 6.31. The lowest BCUT2D eigenvalue weighted by Crippen LogP contribution is -2.29. The molecule has 0 fully saturated rings. The van der Waals surface area contributed by atoms with E-state index in [-0.39, 0.29) is 11.7 Å². The minimum atomic E-state index is -0.419. The number of amides is 1. The number of nitrogens with zero attached hydrogens (tertiary/aromatic N) is 2. The summed E-state index contributed by atoms with van der Waals surface area (Å²) in [7, 11) is 0. The van der Waals surface area contributed by atoms with Crippen molar-refractivity contribution < 1.29 is 14.6 Å². The molecule has 0 saturated heterocycles. The van der Waals surface area contributed by atoms with Crippen molar-refractivity contribution >= 4 is 17.5 Å². The second-order valence-corrected chi connectivity index (χ2v) is 9.94. The van der Waals surface area contributed by atoms with Crippen molar-refractivity contribution in [2.45, 2.75) is 46.2 Å².